The van der Waals surface area contributed by atoms with Gasteiger partial charge in [-0.15, -0.1) is 0 Å². The van der Waals surface area contributed by atoms with Crippen LogP contribution in [-0.4, -0.2) is 36.1 Å². The molecule has 1 aliphatic heterocycles. The molecule has 0 saturated carbocycles. The first-order valence-electron chi connectivity index (χ1n) is 9.99. The van der Waals surface area contributed by atoms with Gasteiger partial charge in [-0.3, -0.25) is 0 Å². The highest BCUT2D eigenvalue weighted by atomic mass is 19.4. The average molecular weight is 427 g/mol. The first kappa shape index (κ1) is 19.5. The molecule has 0 amide bonds. The lowest BCUT2D eigenvalue weighted by atomic mass is 9.99. The van der Waals surface area contributed by atoms with Gasteiger partial charge < -0.3 is 9.88 Å². The fraction of sp³-hybridized carbons (Fsp3) is 0.333. The number of alkyl halides is 3. The SMILES string of the molecule is CC(C)c1cccn2nc([C@H]3c4[nH]cnc4CCN3c3ncc(C(F)(F)F)cn3)cc12. The number of pyridine rings is 1. The molecule has 0 aromatic carbocycles. The normalized spacial score (nSPS) is 16.8. The van der Waals surface area contributed by atoms with Gasteiger partial charge in [0, 0.05) is 31.6 Å². The fourth-order valence-corrected chi connectivity index (χ4v) is 4.10. The Morgan fingerprint density at radius 3 is 2.65 bits per heavy atom. The van der Waals surface area contributed by atoms with E-state index in [0.717, 1.165) is 35.0 Å². The number of nitrogens with zero attached hydrogens (tertiary/aromatic N) is 6. The first-order valence-corrected chi connectivity index (χ1v) is 9.99. The van der Waals surface area contributed by atoms with Crippen LogP contribution in [0.1, 0.15) is 54.0 Å². The highest BCUT2D eigenvalue weighted by molar-refractivity contribution is 5.58. The number of halogens is 3. The van der Waals surface area contributed by atoms with Crippen molar-refractivity contribution >= 4 is 11.5 Å². The number of hydrogen-bond acceptors (Lipinski definition) is 5. The van der Waals surface area contributed by atoms with Crippen molar-refractivity contribution in [2.45, 2.75) is 38.4 Å². The van der Waals surface area contributed by atoms with Crippen molar-refractivity contribution in [3.63, 3.8) is 0 Å². The number of aromatic amines is 1. The third kappa shape index (κ3) is 3.31. The Bertz CT molecular complexity index is 1220. The molecule has 7 nitrogen and oxygen atoms in total. The predicted molar refractivity (Wildman–Crippen MR) is 108 cm³/mol. The van der Waals surface area contributed by atoms with E-state index in [1.165, 1.54) is 5.56 Å². The molecule has 0 saturated heterocycles. The van der Waals surface area contributed by atoms with Crippen molar-refractivity contribution in [3.8, 4) is 0 Å². The van der Waals surface area contributed by atoms with Gasteiger partial charge in [0.2, 0.25) is 5.95 Å². The molecule has 5 heterocycles. The van der Waals surface area contributed by atoms with Gasteiger partial charge in [-0.25, -0.2) is 19.5 Å². The highest BCUT2D eigenvalue weighted by Crippen LogP contribution is 2.36. The van der Waals surface area contributed by atoms with Gasteiger partial charge in [-0.05, 0) is 23.6 Å². The Labute approximate surface area is 176 Å². The predicted octanol–water partition coefficient (Wildman–Crippen LogP) is 4.14. The van der Waals surface area contributed by atoms with Crippen molar-refractivity contribution in [1.29, 1.82) is 0 Å². The number of hydrogen-bond donors (Lipinski definition) is 1. The summed E-state index contributed by atoms with van der Waals surface area (Å²) in [6.07, 6.45) is 1.31. The van der Waals surface area contributed by atoms with Gasteiger partial charge in [-0.2, -0.15) is 18.3 Å². The number of rotatable bonds is 3. The van der Waals surface area contributed by atoms with Gasteiger partial charge in [0.05, 0.1) is 34.5 Å². The minimum Gasteiger partial charge on any atom is -0.346 e. The van der Waals surface area contributed by atoms with Crippen molar-refractivity contribution < 1.29 is 13.2 Å². The summed E-state index contributed by atoms with van der Waals surface area (Å²) in [4.78, 5) is 17.5. The van der Waals surface area contributed by atoms with Gasteiger partial charge in [-0.1, -0.05) is 19.9 Å². The Morgan fingerprint density at radius 1 is 1.16 bits per heavy atom. The van der Waals surface area contributed by atoms with Gasteiger partial charge in [0.1, 0.15) is 6.04 Å². The molecule has 10 heteroatoms. The van der Waals surface area contributed by atoms with E-state index in [1.807, 2.05) is 27.7 Å². The molecule has 0 bridgehead atoms. The largest absolute Gasteiger partial charge is 0.419 e. The highest BCUT2D eigenvalue weighted by Gasteiger charge is 2.36. The zero-order chi connectivity index (χ0) is 21.8. The van der Waals surface area contributed by atoms with Crippen LogP contribution in [0, 0.1) is 0 Å². The van der Waals surface area contributed by atoms with E-state index in [4.69, 9.17) is 5.10 Å². The van der Waals surface area contributed by atoms with Crippen LogP contribution in [0.25, 0.3) is 5.52 Å². The van der Waals surface area contributed by atoms with E-state index in [9.17, 15) is 13.2 Å². The minimum atomic E-state index is -4.48. The third-order valence-corrected chi connectivity index (χ3v) is 5.60. The molecule has 1 atom stereocenters. The Kier molecular flexibility index (Phi) is 4.45. The zero-order valence-corrected chi connectivity index (χ0v) is 16.9. The summed E-state index contributed by atoms with van der Waals surface area (Å²) in [5.41, 5.74) is 3.80. The molecule has 1 N–H and O–H groups in total. The van der Waals surface area contributed by atoms with Crippen LogP contribution in [0.3, 0.4) is 0 Å². The molecular weight excluding hydrogens is 407 g/mol. The molecule has 0 aliphatic carbocycles. The lowest BCUT2D eigenvalue weighted by Gasteiger charge is -2.34. The summed E-state index contributed by atoms with van der Waals surface area (Å²) in [6, 6.07) is 5.67. The summed E-state index contributed by atoms with van der Waals surface area (Å²) in [6.45, 7) is 4.76. The Hall–Kier alpha value is -3.43. The molecule has 0 spiro atoms. The molecule has 4 aromatic rings. The zero-order valence-electron chi connectivity index (χ0n) is 16.9. The maximum Gasteiger partial charge on any atom is 0.419 e. The first-order chi connectivity index (χ1) is 14.8. The van der Waals surface area contributed by atoms with E-state index in [0.29, 0.717) is 18.9 Å². The lowest BCUT2D eigenvalue weighted by Crippen LogP contribution is -2.37. The van der Waals surface area contributed by atoms with E-state index >= 15 is 0 Å². The summed E-state index contributed by atoms with van der Waals surface area (Å²) < 4.78 is 40.7. The second-order valence-corrected chi connectivity index (χ2v) is 7.90. The standard InChI is InChI=1S/C21H20F3N7/c1-12(2)14-4-3-6-31-17(14)8-16(29-31)19-18-15(27-11-28-18)5-7-30(19)20-25-9-13(10-26-20)21(22,23)24/h3-4,6,8-12,19H,5,7H2,1-2H3,(H,27,28)/t19-/m0/s1. The molecule has 0 fully saturated rings. The molecule has 31 heavy (non-hydrogen) atoms. The van der Waals surface area contributed by atoms with Crippen LogP contribution in [0.4, 0.5) is 19.1 Å². The van der Waals surface area contributed by atoms with Crippen molar-refractivity contribution in [1.82, 2.24) is 29.5 Å². The third-order valence-electron chi connectivity index (χ3n) is 5.60. The van der Waals surface area contributed by atoms with E-state index in [1.54, 1.807) is 6.33 Å². The average Bonchev–Trinajstić information content (AvgIpc) is 3.38. The summed E-state index contributed by atoms with van der Waals surface area (Å²) >= 11 is 0. The van der Waals surface area contributed by atoms with Crippen molar-refractivity contribution in [3.05, 3.63) is 71.3 Å². The smallest absolute Gasteiger partial charge is 0.346 e. The van der Waals surface area contributed by atoms with E-state index in [2.05, 4.69) is 39.8 Å². The van der Waals surface area contributed by atoms with Crippen molar-refractivity contribution in [2.75, 3.05) is 11.4 Å². The van der Waals surface area contributed by atoms with Gasteiger partial charge >= 0.3 is 6.18 Å². The molecule has 0 unspecified atom stereocenters. The van der Waals surface area contributed by atoms with Crippen LogP contribution in [-0.2, 0) is 12.6 Å². The molecule has 160 valence electrons. The number of nitrogens with one attached hydrogen (secondary N) is 1. The number of anilines is 1. The lowest BCUT2D eigenvalue weighted by molar-refractivity contribution is -0.138. The van der Waals surface area contributed by atoms with Crippen LogP contribution in [0.15, 0.2) is 43.1 Å². The fourth-order valence-electron chi connectivity index (χ4n) is 4.10. The second kappa shape index (κ2) is 7.07. The summed E-state index contributed by atoms with van der Waals surface area (Å²) in [5.74, 6) is 0.538. The second-order valence-electron chi connectivity index (χ2n) is 7.90. The van der Waals surface area contributed by atoms with Crippen LogP contribution in [0.2, 0.25) is 0 Å². The number of aromatic nitrogens is 6. The topological polar surface area (TPSA) is 75.0 Å². The molecular formula is C21H20F3N7. The van der Waals surface area contributed by atoms with Crippen LogP contribution < -0.4 is 4.90 Å². The minimum absolute atomic E-state index is 0.222. The summed E-state index contributed by atoms with van der Waals surface area (Å²) in [7, 11) is 0. The van der Waals surface area contributed by atoms with Crippen molar-refractivity contribution in [2.24, 2.45) is 0 Å². The van der Waals surface area contributed by atoms with Gasteiger partial charge in [0.25, 0.3) is 0 Å². The monoisotopic (exact) mass is 427 g/mol. The molecule has 0 radical (unpaired) electrons. The van der Waals surface area contributed by atoms with E-state index in [-0.39, 0.29) is 12.0 Å². The Balaban J connectivity index is 1.62. The van der Waals surface area contributed by atoms with E-state index < -0.39 is 11.7 Å². The molecule has 5 rings (SSSR count). The van der Waals surface area contributed by atoms with Crippen LogP contribution in [0.5, 0.6) is 0 Å². The molecule has 1 aliphatic rings. The molecule has 4 aromatic heterocycles. The van der Waals surface area contributed by atoms with Crippen LogP contribution >= 0.6 is 0 Å². The maximum absolute atomic E-state index is 13.0. The Morgan fingerprint density at radius 2 is 1.94 bits per heavy atom. The number of H-pyrrole nitrogens is 1. The summed E-state index contributed by atoms with van der Waals surface area (Å²) in [5, 5.41) is 4.78. The quantitative estimate of drug-likeness (QED) is 0.532. The number of imidazole rings is 1. The number of fused-ring (bicyclic) bond motifs is 2. The maximum atomic E-state index is 13.0. The van der Waals surface area contributed by atoms with Gasteiger partial charge in [0.15, 0.2) is 0 Å².